The minimum absolute atomic E-state index is 0.0452. The van der Waals surface area contributed by atoms with Gasteiger partial charge in [0.05, 0.1) is 6.04 Å². The number of nitrogens with one attached hydrogen (secondary N) is 1. The molecule has 1 saturated heterocycles. The van der Waals surface area contributed by atoms with Crippen LogP contribution in [0, 0.1) is 0 Å². The van der Waals surface area contributed by atoms with E-state index in [9.17, 15) is 4.79 Å². The normalized spacial score (nSPS) is 31.6. The van der Waals surface area contributed by atoms with Gasteiger partial charge in [0, 0.05) is 18.0 Å². The number of rotatable bonds is 3. The minimum atomic E-state index is 0.0452. The number of hydrogen-bond acceptors (Lipinski definition) is 2. The Morgan fingerprint density at radius 2 is 2.21 bits per heavy atom. The SMILES string of the molecule is CN1CCCC1C(=O)NC/C1=C/C=C(/Cl)C/C=C/C1. The van der Waals surface area contributed by atoms with Gasteiger partial charge in [-0.15, -0.1) is 0 Å². The highest BCUT2D eigenvalue weighted by Gasteiger charge is 2.27. The van der Waals surface area contributed by atoms with E-state index in [1.807, 2.05) is 19.2 Å². The molecule has 2 aliphatic rings. The average molecular weight is 281 g/mol. The number of hydrogen-bond donors (Lipinski definition) is 1. The third kappa shape index (κ3) is 4.22. The molecule has 0 aromatic heterocycles. The fourth-order valence-corrected chi connectivity index (χ4v) is 2.62. The Balaban J connectivity index is 1.87. The van der Waals surface area contributed by atoms with E-state index in [0.29, 0.717) is 6.54 Å². The van der Waals surface area contributed by atoms with Crippen molar-refractivity contribution in [3.8, 4) is 0 Å². The highest BCUT2D eigenvalue weighted by molar-refractivity contribution is 6.29. The highest BCUT2D eigenvalue weighted by atomic mass is 35.5. The van der Waals surface area contributed by atoms with Crippen molar-refractivity contribution < 1.29 is 4.79 Å². The molecule has 1 amide bonds. The Labute approximate surface area is 120 Å². The molecule has 2 rings (SSSR count). The first-order valence-electron chi connectivity index (χ1n) is 6.84. The van der Waals surface area contributed by atoms with E-state index in [1.54, 1.807) is 0 Å². The molecule has 3 nitrogen and oxygen atoms in total. The first-order valence-corrected chi connectivity index (χ1v) is 7.21. The predicted molar refractivity (Wildman–Crippen MR) is 79.1 cm³/mol. The van der Waals surface area contributed by atoms with Crippen molar-refractivity contribution in [2.24, 2.45) is 0 Å². The molecule has 1 heterocycles. The standard InChI is InChI=1S/C15H21ClN2O/c1-18-10-4-7-14(18)15(19)17-11-12-5-2-3-6-13(16)9-8-12/h2-3,8-9,14H,4-7,10-11H2,1H3,(H,17,19)/b3-2+,12-8+,13-9+. The lowest BCUT2D eigenvalue weighted by Crippen LogP contribution is -2.42. The van der Waals surface area contributed by atoms with E-state index in [4.69, 9.17) is 11.6 Å². The van der Waals surface area contributed by atoms with Crippen molar-refractivity contribution >= 4 is 17.5 Å². The van der Waals surface area contributed by atoms with E-state index < -0.39 is 0 Å². The number of carbonyl (C=O) groups excluding carboxylic acids is 1. The van der Waals surface area contributed by atoms with Crippen LogP contribution in [0.5, 0.6) is 0 Å². The van der Waals surface area contributed by atoms with E-state index in [-0.39, 0.29) is 11.9 Å². The van der Waals surface area contributed by atoms with E-state index in [0.717, 1.165) is 37.3 Å². The van der Waals surface area contributed by atoms with Gasteiger partial charge in [0.1, 0.15) is 0 Å². The number of nitrogens with zero attached hydrogens (tertiary/aromatic N) is 1. The fraction of sp³-hybridized carbons (Fsp3) is 0.533. The van der Waals surface area contributed by atoms with Crippen LogP contribution in [0.1, 0.15) is 25.7 Å². The van der Waals surface area contributed by atoms with Gasteiger partial charge < -0.3 is 5.32 Å². The van der Waals surface area contributed by atoms with Crippen molar-refractivity contribution in [2.75, 3.05) is 20.1 Å². The third-order valence-electron chi connectivity index (χ3n) is 3.67. The van der Waals surface area contributed by atoms with Gasteiger partial charge in [-0.3, -0.25) is 9.69 Å². The van der Waals surface area contributed by atoms with E-state index in [2.05, 4.69) is 22.4 Å². The van der Waals surface area contributed by atoms with Crippen molar-refractivity contribution in [2.45, 2.75) is 31.7 Å². The number of likely N-dealkylation sites (tertiary alicyclic amines) is 1. The lowest BCUT2D eigenvalue weighted by atomic mass is 10.1. The van der Waals surface area contributed by atoms with Gasteiger partial charge in [0.2, 0.25) is 5.91 Å². The number of halogens is 1. The summed E-state index contributed by atoms with van der Waals surface area (Å²) in [6, 6.07) is 0.0452. The molecule has 1 N–H and O–H groups in total. The molecule has 1 atom stereocenters. The lowest BCUT2D eigenvalue weighted by molar-refractivity contribution is -0.124. The van der Waals surface area contributed by atoms with Crippen LogP contribution in [0.15, 0.2) is 34.9 Å². The molecule has 0 spiro atoms. The van der Waals surface area contributed by atoms with Crippen LogP contribution in [-0.4, -0.2) is 37.0 Å². The van der Waals surface area contributed by atoms with E-state index in [1.165, 1.54) is 5.57 Å². The monoisotopic (exact) mass is 280 g/mol. The molecule has 0 aromatic rings. The lowest BCUT2D eigenvalue weighted by Gasteiger charge is -2.19. The molecule has 0 saturated carbocycles. The van der Waals surface area contributed by atoms with Gasteiger partial charge in [-0.1, -0.05) is 29.8 Å². The maximum atomic E-state index is 12.1. The van der Waals surface area contributed by atoms with Crippen molar-refractivity contribution in [1.29, 1.82) is 0 Å². The molecule has 4 heteroatoms. The molecule has 0 aromatic carbocycles. The van der Waals surface area contributed by atoms with Crippen LogP contribution in [-0.2, 0) is 4.79 Å². The second-order valence-corrected chi connectivity index (χ2v) is 5.66. The summed E-state index contributed by atoms with van der Waals surface area (Å²) in [7, 11) is 2.01. The Morgan fingerprint density at radius 3 is 2.95 bits per heavy atom. The first kappa shape index (κ1) is 14.4. The van der Waals surface area contributed by atoms with Crippen LogP contribution in [0.4, 0.5) is 0 Å². The van der Waals surface area contributed by atoms with E-state index >= 15 is 0 Å². The Bertz CT molecular complexity index is 426. The summed E-state index contributed by atoms with van der Waals surface area (Å²) in [6.45, 7) is 1.62. The molecular formula is C15H21ClN2O. The summed E-state index contributed by atoms with van der Waals surface area (Å²) in [5.74, 6) is 0.141. The first-order chi connectivity index (χ1) is 9.16. The minimum Gasteiger partial charge on any atom is -0.351 e. The molecule has 104 valence electrons. The summed E-state index contributed by atoms with van der Waals surface area (Å²) in [5.41, 5.74) is 1.18. The molecular weight excluding hydrogens is 260 g/mol. The Kier molecular flexibility index (Phi) is 5.23. The van der Waals surface area contributed by atoms with Gasteiger partial charge in [0.25, 0.3) is 0 Å². The topological polar surface area (TPSA) is 32.3 Å². The number of carbonyl (C=O) groups is 1. The highest BCUT2D eigenvalue weighted by Crippen LogP contribution is 2.16. The molecule has 0 radical (unpaired) electrons. The summed E-state index contributed by atoms with van der Waals surface area (Å²) < 4.78 is 0. The number of allylic oxidation sites excluding steroid dienone is 5. The molecule has 19 heavy (non-hydrogen) atoms. The molecule has 1 unspecified atom stereocenters. The maximum Gasteiger partial charge on any atom is 0.237 e. The van der Waals surface area contributed by atoms with Crippen LogP contribution in [0.3, 0.4) is 0 Å². The Morgan fingerprint density at radius 1 is 1.42 bits per heavy atom. The zero-order chi connectivity index (χ0) is 13.7. The zero-order valence-electron chi connectivity index (χ0n) is 11.4. The average Bonchev–Trinajstić information content (AvgIpc) is 2.79. The fourth-order valence-electron chi connectivity index (χ4n) is 2.47. The molecule has 1 aliphatic carbocycles. The van der Waals surface area contributed by atoms with Crippen molar-refractivity contribution in [1.82, 2.24) is 10.2 Å². The second kappa shape index (κ2) is 6.92. The van der Waals surface area contributed by atoms with Gasteiger partial charge in [0.15, 0.2) is 0 Å². The number of likely N-dealkylation sites (N-methyl/N-ethyl adjacent to an activating group) is 1. The van der Waals surface area contributed by atoms with Gasteiger partial charge in [-0.25, -0.2) is 0 Å². The summed E-state index contributed by atoms with van der Waals surface area (Å²) in [4.78, 5) is 14.2. The van der Waals surface area contributed by atoms with Crippen LogP contribution in [0.25, 0.3) is 0 Å². The smallest absolute Gasteiger partial charge is 0.237 e. The molecule has 1 aliphatic heterocycles. The third-order valence-corrected chi connectivity index (χ3v) is 3.95. The maximum absolute atomic E-state index is 12.1. The van der Waals surface area contributed by atoms with Crippen LogP contribution < -0.4 is 5.32 Å². The summed E-state index contributed by atoms with van der Waals surface area (Å²) >= 11 is 6.02. The molecule has 1 fully saturated rings. The quantitative estimate of drug-likeness (QED) is 0.806. The molecule has 0 bridgehead atoms. The van der Waals surface area contributed by atoms with Gasteiger partial charge in [-0.05, 0) is 44.5 Å². The van der Waals surface area contributed by atoms with Gasteiger partial charge in [-0.2, -0.15) is 0 Å². The van der Waals surface area contributed by atoms with Crippen LogP contribution >= 0.6 is 11.6 Å². The van der Waals surface area contributed by atoms with Crippen molar-refractivity contribution in [3.05, 3.63) is 34.9 Å². The zero-order valence-corrected chi connectivity index (χ0v) is 12.1. The van der Waals surface area contributed by atoms with Crippen LogP contribution in [0.2, 0.25) is 0 Å². The predicted octanol–water partition coefficient (Wildman–Crippen LogP) is 2.60. The van der Waals surface area contributed by atoms with Gasteiger partial charge >= 0.3 is 0 Å². The van der Waals surface area contributed by atoms with Crippen molar-refractivity contribution in [3.63, 3.8) is 0 Å². The Hall–Kier alpha value is -1.06. The summed E-state index contributed by atoms with van der Waals surface area (Å²) in [5, 5.41) is 3.86. The largest absolute Gasteiger partial charge is 0.351 e. The second-order valence-electron chi connectivity index (χ2n) is 5.17. The number of amides is 1. The summed E-state index contributed by atoms with van der Waals surface area (Å²) in [6.07, 6.45) is 11.9.